The average molecular weight is 501 g/mol. The van der Waals surface area contributed by atoms with Crippen molar-refractivity contribution in [3.8, 4) is 6.07 Å². The first-order valence-corrected chi connectivity index (χ1v) is 11.9. The molecule has 0 saturated heterocycles. The van der Waals surface area contributed by atoms with Gasteiger partial charge in [0.15, 0.2) is 5.49 Å². The molecule has 3 aromatic heterocycles. The fraction of sp³-hybridized carbons (Fsp3) is 0.296. The van der Waals surface area contributed by atoms with E-state index >= 15 is 0 Å². The van der Waals surface area contributed by atoms with Crippen LogP contribution in [0.25, 0.3) is 16.7 Å². The van der Waals surface area contributed by atoms with Gasteiger partial charge in [0, 0.05) is 24.4 Å². The van der Waals surface area contributed by atoms with E-state index in [1.807, 2.05) is 26.0 Å². The summed E-state index contributed by atoms with van der Waals surface area (Å²) in [5.41, 5.74) is 1.38. The van der Waals surface area contributed by atoms with Gasteiger partial charge in [0.25, 0.3) is 17.2 Å². The van der Waals surface area contributed by atoms with Crippen molar-refractivity contribution in [3.05, 3.63) is 97.6 Å². The van der Waals surface area contributed by atoms with Gasteiger partial charge >= 0.3 is 0 Å². The number of aryl methyl sites for hydroxylation is 2. The number of pyridine rings is 2. The number of hydrogen-bond acceptors (Lipinski definition) is 6. The fourth-order valence-corrected chi connectivity index (χ4v) is 4.01. The molecule has 0 saturated carbocycles. The van der Waals surface area contributed by atoms with E-state index in [0.29, 0.717) is 24.3 Å². The Balaban J connectivity index is 2.30. The number of carbonyl (C=O) groups excluding carboxylic acids is 1. The van der Waals surface area contributed by atoms with Crippen LogP contribution in [0.4, 0.5) is 0 Å². The molecule has 3 heterocycles. The Morgan fingerprint density at radius 3 is 2.76 bits per heavy atom. The van der Waals surface area contributed by atoms with Gasteiger partial charge in [-0.1, -0.05) is 44.6 Å². The van der Waals surface area contributed by atoms with Crippen molar-refractivity contribution in [1.82, 2.24) is 14.0 Å². The third-order valence-electron chi connectivity index (χ3n) is 5.88. The van der Waals surface area contributed by atoms with Gasteiger partial charge < -0.3 is 4.57 Å². The van der Waals surface area contributed by atoms with Crippen molar-refractivity contribution >= 4 is 22.6 Å². The fourth-order valence-electron chi connectivity index (χ4n) is 4.01. The summed E-state index contributed by atoms with van der Waals surface area (Å²) >= 11 is 0. The van der Waals surface area contributed by atoms with Gasteiger partial charge in [-0.3, -0.25) is 24.1 Å². The maximum Gasteiger partial charge on any atom is 0.268 e. The number of nitriles is 1. The van der Waals surface area contributed by atoms with E-state index in [-0.39, 0.29) is 39.7 Å². The Labute approximate surface area is 213 Å². The average Bonchev–Trinajstić information content (AvgIpc) is 2.86. The molecule has 0 N–H and O–H groups in total. The van der Waals surface area contributed by atoms with E-state index in [0.717, 1.165) is 18.4 Å². The molecule has 0 aliphatic heterocycles. The molecule has 10 nitrogen and oxygen atoms in total. The molecule has 0 unspecified atom stereocenters. The molecule has 0 aliphatic rings. The van der Waals surface area contributed by atoms with Gasteiger partial charge in [-0.05, 0) is 38.0 Å². The number of nitro groups is 1. The van der Waals surface area contributed by atoms with Crippen molar-refractivity contribution in [1.29, 1.82) is 5.26 Å². The lowest BCUT2D eigenvalue weighted by molar-refractivity contribution is -0.420. The predicted octanol–water partition coefficient (Wildman–Crippen LogP) is 4.13. The SMILES string of the molecule is C=C/C=C\C(=C(\C)CC(=O)N=c1c(C#N)cc2c(=O)n3cccc(C)c3nc2n1CCCCC)[N+](=O)[O-]. The number of rotatable bonds is 9. The van der Waals surface area contributed by atoms with Crippen LogP contribution in [0.1, 0.15) is 50.7 Å². The zero-order chi connectivity index (χ0) is 27.1. The summed E-state index contributed by atoms with van der Waals surface area (Å²) in [6.45, 7) is 9.26. The highest BCUT2D eigenvalue weighted by Gasteiger charge is 2.18. The van der Waals surface area contributed by atoms with Crippen LogP contribution < -0.4 is 11.0 Å². The first kappa shape index (κ1) is 26.9. The first-order chi connectivity index (χ1) is 17.7. The normalized spacial score (nSPS) is 12.6. The standard InChI is InChI=1S/C27H28N6O4/c1-5-7-9-13-31-25(29-23(34)15-19(4)22(33(36)37)12-8-6-2)20(17-28)16-21-26(31)30-24-18(3)11-10-14-32(24)27(21)35/h6,8,10-12,14,16H,2,5,7,9,13,15H2,1,3-4H3/b12-8-,22-19+,29-25?. The highest BCUT2D eigenvalue weighted by atomic mass is 16.6. The minimum Gasteiger partial charge on any atom is -0.309 e. The van der Waals surface area contributed by atoms with E-state index < -0.39 is 10.8 Å². The van der Waals surface area contributed by atoms with Gasteiger partial charge in [-0.25, -0.2) is 4.98 Å². The number of amides is 1. The molecule has 0 radical (unpaired) electrons. The Morgan fingerprint density at radius 2 is 2.11 bits per heavy atom. The number of allylic oxidation sites excluding steroid dienone is 3. The quantitative estimate of drug-likeness (QED) is 0.142. The van der Waals surface area contributed by atoms with Crippen molar-refractivity contribution in [3.63, 3.8) is 0 Å². The number of carbonyl (C=O) groups is 1. The summed E-state index contributed by atoms with van der Waals surface area (Å²) in [7, 11) is 0. The Hall–Kier alpha value is -4.65. The molecule has 0 spiro atoms. The molecule has 0 aromatic carbocycles. The Kier molecular flexibility index (Phi) is 8.64. The van der Waals surface area contributed by atoms with E-state index in [1.54, 1.807) is 16.8 Å². The second-order valence-electron chi connectivity index (χ2n) is 8.59. The zero-order valence-electron chi connectivity index (χ0n) is 21.1. The van der Waals surface area contributed by atoms with E-state index in [2.05, 4.69) is 11.6 Å². The van der Waals surface area contributed by atoms with Gasteiger partial charge in [0.1, 0.15) is 17.4 Å². The van der Waals surface area contributed by atoms with Crippen LogP contribution in [-0.4, -0.2) is 24.8 Å². The number of hydrogen-bond donors (Lipinski definition) is 0. The van der Waals surface area contributed by atoms with E-state index in [1.165, 1.54) is 35.6 Å². The van der Waals surface area contributed by atoms with Gasteiger partial charge in [-0.15, -0.1) is 0 Å². The van der Waals surface area contributed by atoms with Crippen LogP contribution in [0.2, 0.25) is 0 Å². The Bertz CT molecular complexity index is 1630. The first-order valence-electron chi connectivity index (χ1n) is 11.9. The molecule has 190 valence electrons. The molecule has 0 aliphatic carbocycles. The van der Waals surface area contributed by atoms with Crippen LogP contribution in [-0.2, 0) is 11.3 Å². The monoisotopic (exact) mass is 500 g/mol. The minimum absolute atomic E-state index is 0.0477. The molecule has 0 bridgehead atoms. The summed E-state index contributed by atoms with van der Waals surface area (Å²) in [5, 5.41) is 21.6. The summed E-state index contributed by atoms with van der Waals surface area (Å²) in [5.74, 6) is -0.655. The van der Waals surface area contributed by atoms with Crippen LogP contribution in [0.3, 0.4) is 0 Å². The van der Waals surface area contributed by atoms with Gasteiger partial charge in [0.2, 0.25) is 0 Å². The molecule has 10 heteroatoms. The maximum absolute atomic E-state index is 13.3. The van der Waals surface area contributed by atoms with Crippen molar-refractivity contribution in [2.75, 3.05) is 0 Å². The molecule has 37 heavy (non-hydrogen) atoms. The molecular formula is C27H28N6O4. The summed E-state index contributed by atoms with van der Waals surface area (Å²) in [6.07, 6.45) is 7.92. The smallest absolute Gasteiger partial charge is 0.268 e. The van der Waals surface area contributed by atoms with Crippen molar-refractivity contribution in [2.45, 2.75) is 53.0 Å². The molecular weight excluding hydrogens is 472 g/mol. The van der Waals surface area contributed by atoms with Crippen molar-refractivity contribution < 1.29 is 9.72 Å². The molecule has 0 fully saturated rings. The van der Waals surface area contributed by atoms with Crippen LogP contribution >= 0.6 is 0 Å². The highest BCUT2D eigenvalue weighted by Crippen LogP contribution is 2.15. The van der Waals surface area contributed by atoms with Crippen LogP contribution in [0, 0.1) is 28.4 Å². The zero-order valence-corrected chi connectivity index (χ0v) is 21.1. The second kappa shape index (κ2) is 11.9. The largest absolute Gasteiger partial charge is 0.309 e. The van der Waals surface area contributed by atoms with E-state index in [4.69, 9.17) is 4.98 Å². The second-order valence-corrected chi connectivity index (χ2v) is 8.59. The molecule has 3 rings (SSSR count). The molecule has 3 aromatic rings. The van der Waals surface area contributed by atoms with Gasteiger partial charge in [-0.2, -0.15) is 10.3 Å². The summed E-state index contributed by atoms with van der Waals surface area (Å²) in [6, 6.07) is 7.04. The molecule has 1 amide bonds. The minimum atomic E-state index is -0.655. The predicted molar refractivity (Wildman–Crippen MR) is 140 cm³/mol. The van der Waals surface area contributed by atoms with Crippen LogP contribution in [0.15, 0.2) is 70.3 Å². The third-order valence-corrected chi connectivity index (χ3v) is 5.88. The molecule has 0 atom stereocenters. The maximum atomic E-state index is 13.3. The lowest BCUT2D eigenvalue weighted by Gasteiger charge is -2.14. The topological polar surface area (TPSA) is 136 Å². The van der Waals surface area contributed by atoms with Gasteiger partial charge in [0.05, 0.1) is 22.3 Å². The number of unbranched alkanes of at least 4 members (excludes halogenated alkanes) is 2. The third kappa shape index (κ3) is 5.78. The van der Waals surface area contributed by atoms with Crippen molar-refractivity contribution in [2.24, 2.45) is 4.99 Å². The lowest BCUT2D eigenvalue weighted by Crippen LogP contribution is -2.30. The number of fused-ring (bicyclic) bond motifs is 2. The van der Waals surface area contributed by atoms with Crippen LogP contribution in [0.5, 0.6) is 0 Å². The summed E-state index contributed by atoms with van der Waals surface area (Å²) < 4.78 is 3.07. The highest BCUT2D eigenvalue weighted by molar-refractivity contribution is 5.81. The summed E-state index contributed by atoms with van der Waals surface area (Å²) in [4.78, 5) is 46.1. The number of aromatic nitrogens is 3. The van der Waals surface area contributed by atoms with E-state index in [9.17, 15) is 25.0 Å². The Morgan fingerprint density at radius 1 is 1.35 bits per heavy atom. The lowest BCUT2D eigenvalue weighted by atomic mass is 10.1. The number of nitrogens with zero attached hydrogens (tertiary/aromatic N) is 6.